The van der Waals surface area contributed by atoms with E-state index in [1.54, 1.807) is 14.0 Å². The van der Waals surface area contributed by atoms with Crippen molar-refractivity contribution in [3.05, 3.63) is 29.3 Å². The third kappa shape index (κ3) is 1.97. The molecule has 2 rings (SSSR count). The Hall–Kier alpha value is -1.31. The number of ether oxygens (including phenoxy) is 1. The van der Waals surface area contributed by atoms with Crippen molar-refractivity contribution in [2.45, 2.75) is 44.9 Å². The first kappa shape index (κ1) is 12.2. The second kappa shape index (κ2) is 4.17. The van der Waals surface area contributed by atoms with Crippen molar-refractivity contribution in [3.8, 4) is 5.75 Å². The number of ketones is 1. The molecule has 1 aromatic carbocycles. The molecule has 0 aromatic heterocycles. The Morgan fingerprint density at radius 1 is 1.35 bits per heavy atom. The minimum absolute atomic E-state index is 0.254. The number of carbonyl (C=O) groups excluding carboxylic acids is 1. The maximum absolute atomic E-state index is 11.8. The standard InChI is InChI=1S/C15H20O2/c1-10(2)12-5-6-14(17-4)13(9-12)15(7-8-15)11(3)16/h5-6,9-10H,7-8H2,1-4H3. The van der Waals surface area contributed by atoms with Crippen LogP contribution in [-0.4, -0.2) is 12.9 Å². The summed E-state index contributed by atoms with van der Waals surface area (Å²) in [5.41, 5.74) is 2.10. The lowest BCUT2D eigenvalue weighted by atomic mass is 9.88. The maximum Gasteiger partial charge on any atom is 0.140 e. The molecule has 92 valence electrons. The molecule has 2 heteroatoms. The molecule has 0 spiro atoms. The van der Waals surface area contributed by atoms with E-state index < -0.39 is 0 Å². The topological polar surface area (TPSA) is 26.3 Å². The molecule has 0 atom stereocenters. The number of hydrogen-bond acceptors (Lipinski definition) is 2. The fraction of sp³-hybridized carbons (Fsp3) is 0.533. The van der Waals surface area contributed by atoms with Gasteiger partial charge in [-0.3, -0.25) is 4.79 Å². The van der Waals surface area contributed by atoms with Gasteiger partial charge in [-0.2, -0.15) is 0 Å². The third-order valence-electron chi connectivity index (χ3n) is 3.83. The summed E-state index contributed by atoms with van der Waals surface area (Å²) in [6.07, 6.45) is 1.92. The molecule has 1 saturated carbocycles. The summed E-state index contributed by atoms with van der Waals surface area (Å²) in [4.78, 5) is 11.8. The van der Waals surface area contributed by atoms with Gasteiger partial charge >= 0.3 is 0 Å². The Morgan fingerprint density at radius 3 is 2.41 bits per heavy atom. The summed E-state index contributed by atoms with van der Waals surface area (Å²) < 4.78 is 5.40. The van der Waals surface area contributed by atoms with Crippen LogP contribution in [0.1, 0.15) is 50.7 Å². The number of Topliss-reactive ketones (excluding diaryl/α,β-unsaturated/α-hetero) is 1. The van der Waals surface area contributed by atoms with Gasteiger partial charge in [-0.25, -0.2) is 0 Å². The smallest absolute Gasteiger partial charge is 0.140 e. The van der Waals surface area contributed by atoms with Crippen LogP contribution in [-0.2, 0) is 10.2 Å². The van der Waals surface area contributed by atoms with Crippen molar-refractivity contribution < 1.29 is 9.53 Å². The van der Waals surface area contributed by atoms with Gasteiger partial charge in [0.15, 0.2) is 0 Å². The molecule has 0 N–H and O–H groups in total. The summed E-state index contributed by atoms with van der Waals surface area (Å²) in [6, 6.07) is 6.23. The molecule has 0 unspecified atom stereocenters. The molecule has 0 aliphatic heterocycles. The van der Waals surface area contributed by atoms with E-state index in [0.29, 0.717) is 5.92 Å². The van der Waals surface area contributed by atoms with Crippen LogP contribution in [0.25, 0.3) is 0 Å². The summed E-state index contributed by atoms with van der Waals surface area (Å²) in [5, 5.41) is 0. The van der Waals surface area contributed by atoms with Gasteiger partial charge in [0.2, 0.25) is 0 Å². The number of rotatable bonds is 4. The monoisotopic (exact) mass is 232 g/mol. The number of carbonyl (C=O) groups is 1. The van der Waals surface area contributed by atoms with Crippen LogP contribution in [0.5, 0.6) is 5.75 Å². The predicted molar refractivity (Wildman–Crippen MR) is 68.7 cm³/mol. The van der Waals surface area contributed by atoms with E-state index in [4.69, 9.17) is 4.74 Å². The summed E-state index contributed by atoms with van der Waals surface area (Å²) in [5.74, 6) is 1.58. The van der Waals surface area contributed by atoms with Crippen molar-refractivity contribution in [1.82, 2.24) is 0 Å². The van der Waals surface area contributed by atoms with Crippen molar-refractivity contribution >= 4 is 5.78 Å². The van der Waals surface area contributed by atoms with Gasteiger partial charge in [0.05, 0.1) is 12.5 Å². The van der Waals surface area contributed by atoms with E-state index in [2.05, 4.69) is 26.0 Å². The minimum atomic E-state index is -0.254. The van der Waals surface area contributed by atoms with Gasteiger partial charge in [0, 0.05) is 5.56 Å². The van der Waals surface area contributed by atoms with Crippen LogP contribution in [0.2, 0.25) is 0 Å². The lowest BCUT2D eigenvalue weighted by Crippen LogP contribution is -2.18. The zero-order chi connectivity index (χ0) is 12.6. The number of hydrogen-bond donors (Lipinski definition) is 0. The molecule has 0 saturated heterocycles. The van der Waals surface area contributed by atoms with Crippen molar-refractivity contribution in [1.29, 1.82) is 0 Å². The zero-order valence-corrected chi connectivity index (χ0v) is 11.0. The largest absolute Gasteiger partial charge is 0.496 e. The first-order valence-electron chi connectivity index (χ1n) is 6.21. The van der Waals surface area contributed by atoms with Gasteiger partial charge < -0.3 is 4.74 Å². The van der Waals surface area contributed by atoms with Crippen molar-refractivity contribution in [3.63, 3.8) is 0 Å². The lowest BCUT2D eigenvalue weighted by Gasteiger charge is -2.18. The van der Waals surface area contributed by atoms with E-state index in [-0.39, 0.29) is 11.2 Å². The summed E-state index contributed by atoms with van der Waals surface area (Å²) in [7, 11) is 1.67. The average Bonchev–Trinajstić information content (AvgIpc) is 3.09. The molecular formula is C15H20O2. The molecule has 1 aliphatic carbocycles. The van der Waals surface area contributed by atoms with Crippen LogP contribution in [0.15, 0.2) is 18.2 Å². The summed E-state index contributed by atoms with van der Waals surface area (Å²) in [6.45, 7) is 6.02. The fourth-order valence-electron chi connectivity index (χ4n) is 2.39. The summed E-state index contributed by atoms with van der Waals surface area (Å²) >= 11 is 0. The third-order valence-corrected chi connectivity index (χ3v) is 3.83. The number of benzene rings is 1. The maximum atomic E-state index is 11.8. The van der Waals surface area contributed by atoms with Crippen molar-refractivity contribution in [2.75, 3.05) is 7.11 Å². The Bertz CT molecular complexity index is 442. The molecule has 1 aromatic rings. The molecular weight excluding hydrogens is 212 g/mol. The Labute approximate surface area is 103 Å². The van der Waals surface area contributed by atoms with E-state index in [9.17, 15) is 4.79 Å². The molecule has 0 bridgehead atoms. The molecule has 0 amide bonds. The highest BCUT2D eigenvalue weighted by Gasteiger charge is 2.50. The predicted octanol–water partition coefficient (Wildman–Crippen LogP) is 3.44. The Morgan fingerprint density at radius 2 is 2.00 bits per heavy atom. The fourth-order valence-corrected chi connectivity index (χ4v) is 2.39. The van der Waals surface area contributed by atoms with Crippen LogP contribution in [0.4, 0.5) is 0 Å². The van der Waals surface area contributed by atoms with Gasteiger partial charge in [0.25, 0.3) is 0 Å². The lowest BCUT2D eigenvalue weighted by molar-refractivity contribution is -0.119. The van der Waals surface area contributed by atoms with E-state index in [0.717, 1.165) is 24.2 Å². The highest BCUT2D eigenvalue weighted by atomic mass is 16.5. The molecule has 0 radical (unpaired) electrons. The highest BCUT2D eigenvalue weighted by Crippen LogP contribution is 2.52. The van der Waals surface area contributed by atoms with E-state index >= 15 is 0 Å². The van der Waals surface area contributed by atoms with Crippen molar-refractivity contribution in [2.24, 2.45) is 0 Å². The molecule has 17 heavy (non-hydrogen) atoms. The molecule has 1 fully saturated rings. The first-order valence-corrected chi connectivity index (χ1v) is 6.21. The number of methoxy groups -OCH3 is 1. The van der Waals surface area contributed by atoms with Crippen LogP contribution in [0.3, 0.4) is 0 Å². The minimum Gasteiger partial charge on any atom is -0.496 e. The first-order chi connectivity index (χ1) is 8.01. The Kier molecular flexibility index (Phi) is 2.98. The van der Waals surface area contributed by atoms with Gasteiger partial charge in [-0.05, 0) is 37.3 Å². The zero-order valence-electron chi connectivity index (χ0n) is 11.0. The van der Waals surface area contributed by atoms with Crippen LogP contribution in [0, 0.1) is 0 Å². The molecule has 2 nitrogen and oxygen atoms in total. The normalized spacial score (nSPS) is 17.0. The molecule has 1 aliphatic rings. The van der Waals surface area contributed by atoms with E-state index in [1.807, 2.05) is 6.07 Å². The van der Waals surface area contributed by atoms with Crippen LogP contribution >= 0.6 is 0 Å². The van der Waals surface area contributed by atoms with Crippen LogP contribution < -0.4 is 4.74 Å². The molecule has 0 heterocycles. The van der Waals surface area contributed by atoms with Gasteiger partial charge in [0.1, 0.15) is 11.5 Å². The van der Waals surface area contributed by atoms with Gasteiger partial charge in [-0.15, -0.1) is 0 Å². The van der Waals surface area contributed by atoms with E-state index in [1.165, 1.54) is 5.56 Å². The average molecular weight is 232 g/mol. The quantitative estimate of drug-likeness (QED) is 0.795. The second-order valence-corrected chi connectivity index (χ2v) is 5.25. The van der Waals surface area contributed by atoms with Gasteiger partial charge in [-0.1, -0.05) is 26.0 Å². The SMILES string of the molecule is COc1ccc(C(C)C)cc1C1(C(C)=O)CC1. The highest BCUT2D eigenvalue weighted by molar-refractivity contribution is 5.92. The second-order valence-electron chi connectivity index (χ2n) is 5.25. The Balaban J connectivity index is 2.50.